The SMILES string of the molecule is COc1ccc2c(c1)nc(C(CN)C(C)C)n2C. The second kappa shape index (κ2) is 4.98. The Balaban J connectivity index is 2.55. The summed E-state index contributed by atoms with van der Waals surface area (Å²) in [5.74, 6) is 2.65. The van der Waals surface area contributed by atoms with Gasteiger partial charge in [-0.1, -0.05) is 13.8 Å². The van der Waals surface area contributed by atoms with Crippen molar-refractivity contribution in [2.75, 3.05) is 13.7 Å². The van der Waals surface area contributed by atoms with Gasteiger partial charge in [0.25, 0.3) is 0 Å². The van der Waals surface area contributed by atoms with Gasteiger partial charge in [0.05, 0.1) is 18.1 Å². The number of imidazole rings is 1. The number of hydrogen-bond donors (Lipinski definition) is 1. The van der Waals surface area contributed by atoms with E-state index in [1.165, 1.54) is 0 Å². The molecule has 2 N–H and O–H groups in total. The Morgan fingerprint density at radius 2 is 2.11 bits per heavy atom. The molecule has 2 aromatic rings. The molecule has 4 nitrogen and oxygen atoms in total. The minimum absolute atomic E-state index is 0.286. The number of fused-ring (bicyclic) bond motifs is 1. The molecule has 1 heterocycles. The molecule has 0 saturated carbocycles. The number of aromatic nitrogens is 2. The van der Waals surface area contributed by atoms with E-state index in [9.17, 15) is 0 Å². The maximum Gasteiger partial charge on any atom is 0.121 e. The van der Waals surface area contributed by atoms with Gasteiger partial charge in [0, 0.05) is 25.6 Å². The zero-order chi connectivity index (χ0) is 13.3. The predicted molar refractivity (Wildman–Crippen MR) is 73.9 cm³/mol. The van der Waals surface area contributed by atoms with Crippen LogP contribution in [0.1, 0.15) is 25.6 Å². The summed E-state index contributed by atoms with van der Waals surface area (Å²) in [5, 5.41) is 0. The third-order valence-electron chi connectivity index (χ3n) is 3.51. The van der Waals surface area contributed by atoms with Crippen LogP contribution in [0, 0.1) is 5.92 Å². The number of benzene rings is 1. The topological polar surface area (TPSA) is 53.1 Å². The van der Waals surface area contributed by atoms with Crippen LogP contribution in [-0.2, 0) is 7.05 Å². The molecule has 0 bridgehead atoms. The summed E-state index contributed by atoms with van der Waals surface area (Å²) in [4.78, 5) is 4.72. The normalized spacial score (nSPS) is 13.2. The zero-order valence-electron chi connectivity index (χ0n) is 11.5. The van der Waals surface area contributed by atoms with Crippen molar-refractivity contribution < 1.29 is 4.74 Å². The molecule has 0 spiro atoms. The molecule has 4 heteroatoms. The van der Waals surface area contributed by atoms with E-state index in [-0.39, 0.29) is 5.92 Å². The van der Waals surface area contributed by atoms with E-state index in [2.05, 4.69) is 18.4 Å². The van der Waals surface area contributed by atoms with Gasteiger partial charge in [-0.15, -0.1) is 0 Å². The van der Waals surface area contributed by atoms with E-state index >= 15 is 0 Å². The summed E-state index contributed by atoms with van der Waals surface area (Å²) >= 11 is 0. The van der Waals surface area contributed by atoms with Crippen LogP contribution in [0.25, 0.3) is 11.0 Å². The number of hydrogen-bond acceptors (Lipinski definition) is 3. The van der Waals surface area contributed by atoms with E-state index < -0.39 is 0 Å². The monoisotopic (exact) mass is 247 g/mol. The van der Waals surface area contributed by atoms with Gasteiger partial charge in [-0.05, 0) is 18.1 Å². The molecule has 1 aromatic heterocycles. The molecule has 0 amide bonds. The lowest BCUT2D eigenvalue weighted by atomic mass is 9.95. The summed E-state index contributed by atoms with van der Waals surface area (Å²) in [5.41, 5.74) is 7.95. The van der Waals surface area contributed by atoms with Crippen LogP contribution in [0.5, 0.6) is 5.75 Å². The smallest absolute Gasteiger partial charge is 0.121 e. The third-order valence-corrected chi connectivity index (χ3v) is 3.51. The Kier molecular flexibility index (Phi) is 3.57. The number of rotatable bonds is 4. The first-order chi connectivity index (χ1) is 8.58. The lowest BCUT2D eigenvalue weighted by Crippen LogP contribution is -2.21. The third kappa shape index (κ3) is 2.08. The van der Waals surface area contributed by atoms with Gasteiger partial charge in [-0.3, -0.25) is 0 Å². The minimum Gasteiger partial charge on any atom is -0.497 e. The van der Waals surface area contributed by atoms with Crippen LogP contribution < -0.4 is 10.5 Å². The van der Waals surface area contributed by atoms with Crippen molar-refractivity contribution in [3.63, 3.8) is 0 Å². The summed E-state index contributed by atoms with van der Waals surface area (Å²) in [6.45, 7) is 4.97. The molecule has 0 radical (unpaired) electrons. The number of nitrogens with two attached hydrogens (primary N) is 1. The fourth-order valence-electron chi connectivity index (χ4n) is 2.33. The number of nitrogens with zero attached hydrogens (tertiary/aromatic N) is 2. The Bertz CT molecular complexity index is 545. The highest BCUT2D eigenvalue weighted by atomic mass is 16.5. The summed E-state index contributed by atoms with van der Waals surface area (Å²) in [6, 6.07) is 5.96. The van der Waals surface area contributed by atoms with E-state index in [0.29, 0.717) is 12.5 Å². The van der Waals surface area contributed by atoms with Crippen LogP contribution in [0.15, 0.2) is 18.2 Å². The largest absolute Gasteiger partial charge is 0.497 e. The Morgan fingerprint density at radius 1 is 1.39 bits per heavy atom. The molecule has 0 fully saturated rings. The predicted octanol–water partition coefficient (Wildman–Crippen LogP) is 2.28. The Morgan fingerprint density at radius 3 is 2.67 bits per heavy atom. The second-order valence-corrected chi connectivity index (χ2v) is 4.97. The Labute approximate surface area is 108 Å². The van der Waals surface area contributed by atoms with E-state index in [4.69, 9.17) is 15.5 Å². The van der Waals surface area contributed by atoms with Gasteiger partial charge in [0.15, 0.2) is 0 Å². The zero-order valence-corrected chi connectivity index (χ0v) is 11.5. The lowest BCUT2D eigenvalue weighted by Gasteiger charge is -2.18. The van der Waals surface area contributed by atoms with Gasteiger partial charge in [-0.2, -0.15) is 0 Å². The van der Waals surface area contributed by atoms with Crippen LogP contribution in [0.4, 0.5) is 0 Å². The molecule has 0 aliphatic heterocycles. The molecule has 2 rings (SSSR count). The van der Waals surface area contributed by atoms with E-state index in [1.54, 1.807) is 7.11 Å². The highest BCUT2D eigenvalue weighted by Gasteiger charge is 2.20. The standard InChI is InChI=1S/C14H21N3O/c1-9(2)11(8-15)14-16-12-7-10(18-4)5-6-13(12)17(14)3/h5-7,9,11H,8,15H2,1-4H3. The first-order valence-electron chi connectivity index (χ1n) is 6.29. The quantitative estimate of drug-likeness (QED) is 0.901. The molecule has 0 aliphatic rings. The number of aryl methyl sites for hydroxylation is 1. The van der Waals surface area contributed by atoms with Crippen LogP contribution in [0.3, 0.4) is 0 Å². The highest BCUT2D eigenvalue weighted by molar-refractivity contribution is 5.77. The molecular weight excluding hydrogens is 226 g/mol. The highest BCUT2D eigenvalue weighted by Crippen LogP contribution is 2.27. The second-order valence-electron chi connectivity index (χ2n) is 4.97. The average Bonchev–Trinajstić information content (AvgIpc) is 2.67. The van der Waals surface area contributed by atoms with Crippen molar-refractivity contribution in [3.05, 3.63) is 24.0 Å². The molecule has 1 atom stereocenters. The van der Waals surface area contributed by atoms with Crippen LogP contribution in [0.2, 0.25) is 0 Å². The lowest BCUT2D eigenvalue weighted by molar-refractivity contribution is 0.415. The maximum absolute atomic E-state index is 5.87. The van der Waals surface area contributed by atoms with Gasteiger partial charge >= 0.3 is 0 Å². The summed E-state index contributed by atoms with van der Waals surface area (Å²) in [6.07, 6.45) is 0. The number of ether oxygens (including phenoxy) is 1. The first-order valence-corrected chi connectivity index (χ1v) is 6.29. The summed E-state index contributed by atoms with van der Waals surface area (Å²) in [7, 11) is 3.71. The fourth-order valence-corrected chi connectivity index (χ4v) is 2.33. The van der Waals surface area contributed by atoms with Gasteiger partial charge < -0.3 is 15.0 Å². The molecular formula is C14H21N3O. The Hall–Kier alpha value is -1.55. The van der Waals surface area contributed by atoms with Crippen molar-refractivity contribution in [3.8, 4) is 5.75 Å². The van der Waals surface area contributed by atoms with Crippen LogP contribution in [-0.4, -0.2) is 23.2 Å². The summed E-state index contributed by atoms with van der Waals surface area (Å²) < 4.78 is 7.36. The van der Waals surface area contributed by atoms with Crippen molar-refractivity contribution in [2.24, 2.45) is 18.7 Å². The maximum atomic E-state index is 5.87. The number of methoxy groups -OCH3 is 1. The van der Waals surface area contributed by atoms with E-state index in [1.807, 2.05) is 25.2 Å². The van der Waals surface area contributed by atoms with Gasteiger partial charge in [0.2, 0.25) is 0 Å². The molecule has 0 saturated heterocycles. The minimum atomic E-state index is 0.286. The first kappa shape index (κ1) is 12.9. The van der Waals surface area contributed by atoms with Gasteiger partial charge in [0.1, 0.15) is 11.6 Å². The van der Waals surface area contributed by atoms with Crippen molar-refractivity contribution >= 4 is 11.0 Å². The molecule has 0 aliphatic carbocycles. The average molecular weight is 247 g/mol. The fraction of sp³-hybridized carbons (Fsp3) is 0.500. The van der Waals surface area contributed by atoms with Crippen LogP contribution >= 0.6 is 0 Å². The molecule has 98 valence electrons. The van der Waals surface area contributed by atoms with E-state index in [0.717, 1.165) is 22.6 Å². The molecule has 18 heavy (non-hydrogen) atoms. The van der Waals surface area contributed by atoms with Gasteiger partial charge in [-0.25, -0.2) is 4.98 Å². The van der Waals surface area contributed by atoms with Crippen molar-refractivity contribution in [2.45, 2.75) is 19.8 Å². The van der Waals surface area contributed by atoms with Crippen molar-refractivity contribution in [1.82, 2.24) is 9.55 Å². The van der Waals surface area contributed by atoms with Crippen molar-refractivity contribution in [1.29, 1.82) is 0 Å². The molecule has 1 aromatic carbocycles. The molecule has 1 unspecified atom stereocenters.